The second-order valence-electron chi connectivity index (χ2n) is 5.14. The predicted molar refractivity (Wildman–Crippen MR) is 82.6 cm³/mol. The highest BCUT2D eigenvalue weighted by Crippen LogP contribution is 2.52. The van der Waals surface area contributed by atoms with E-state index in [0.29, 0.717) is 26.2 Å². The number of anilines is 3. The summed E-state index contributed by atoms with van der Waals surface area (Å²) in [5, 5.41) is 0. The van der Waals surface area contributed by atoms with Gasteiger partial charge in [0.05, 0.1) is 22.0 Å². The van der Waals surface area contributed by atoms with Crippen molar-refractivity contribution in [3.63, 3.8) is 0 Å². The van der Waals surface area contributed by atoms with E-state index in [2.05, 4.69) is 0 Å². The summed E-state index contributed by atoms with van der Waals surface area (Å²) in [5.74, 6) is 0. The van der Waals surface area contributed by atoms with E-state index in [4.69, 9.17) is 5.73 Å². The summed E-state index contributed by atoms with van der Waals surface area (Å²) in [4.78, 5) is 3.23. The molecule has 0 aliphatic carbocycles. The van der Waals surface area contributed by atoms with Crippen LogP contribution in [0.4, 0.5) is 17.1 Å². The van der Waals surface area contributed by atoms with Gasteiger partial charge in [0, 0.05) is 10.9 Å². The maximum Gasteiger partial charge on any atom is 0.220 e. The van der Waals surface area contributed by atoms with E-state index in [9.17, 15) is 8.42 Å². The van der Waals surface area contributed by atoms with Crippen LogP contribution in [0.2, 0.25) is 0 Å². The SMILES string of the molecule is Cc1sc2c(c1N)N(C(C)C)c1ccccc1S2(=O)=O. The van der Waals surface area contributed by atoms with E-state index in [1.807, 2.05) is 37.8 Å². The Morgan fingerprint density at radius 3 is 2.55 bits per heavy atom. The van der Waals surface area contributed by atoms with Crippen LogP contribution < -0.4 is 10.6 Å². The smallest absolute Gasteiger partial charge is 0.220 e. The quantitative estimate of drug-likeness (QED) is 0.877. The maximum atomic E-state index is 12.8. The molecule has 0 amide bonds. The summed E-state index contributed by atoms with van der Waals surface area (Å²) in [6.45, 7) is 5.92. The minimum absolute atomic E-state index is 0.127. The average Bonchev–Trinajstić information content (AvgIpc) is 2.68. The van der Waals surface area contributed by atoms with Crippen molar-refractivity contribution in [1.29, 1.82) is 0 Å². The van der Waals surface area contributed by atoms with Gasteiger partial charge in [-0.05, 0) is 32.9 Å². The Hall–Kier alpha value is -1.53. The highest BCUT2D eigenvalue weighted by atomic mass is 32.2. The van der Waals surface area contributed by atoms with Crippen molar-refractivity contribution in [2.75, 3.05) is 10.6 Å². The van der Waals surface area contributed by atoms with Gasteiger partial charge in [0.25, 0.3) is 0 Å². The van der Waals surface area contributed by atoms with Crippen molar-refractivity contribution in [2.45, 2.75) is 35.9 Å². The largest absolute Gasteiger partial charge is 0.396 e. The van der Waals surface area contributed by atoms with Crippen molar-refractivity contribution in [1.82, 2.24) is 0 Å². The molecular weight excluding hydrogens is 292 g/mol. The van der Waals surface area contributed by atoms with Crippen LogP contribution in [0.3, 0.4) is 0 Å². The molecule has 2 heterocycles. The molecule has 0 radical (unpaired) electrons. The molecule has 106 valence electrons. The summed E-state index contributed by atoms with van der Waals surface area (Å²) < 4.78 is 25.9. The number of benzene rings is 1. The molecule has 20 heavy (non-hydrogen) atoms. The Morgan fingerprint density at radius 1 is 1.25 bits per heavy atom. The molecule has 1 aromatic heterocycles. The van der Waals surface area contributed by atoms with Gasteiger partial charge in [0.15, 0.2) is 4.21 Å². The van der Waals surface area contributed by atoms with Crippen LogP contribution in [-0.4, -0.2) is 14.5 Å². The van der Waals surface area contributed by atoms with Crippen molar-refractivity contribution in [3.05, 3.63) is 29.1 Å². The number of sulfone groups is 1. The Morgan fingerprint density at radius 2 is 1.90 bits per heavy atom. The van der Waals surface area contributed by atoms with Crippen molar-refractivity contribution >= 4 is 38.2 Å². The molecule has 0 spiro atoms. The van der Waals surface area contributed by atoms with Gasteiger partial charge in [-0.3, -0.25) is 0 Å². The third-order valence-corrected chi connectivity index (χ3v) is 6.91. The Bertz CT molecular complexity index is 792. The summed E-state index contributed by atoms with van der Waals surface area (Å²) in [6, 6.07) is 7.23. The highest BCUT2D eigenvalue weighted by molar-refractivity contribution is 7.94. The Balaban J connectivity index is 2.44. The molecule has 0 atom stereocenters. The molecule has 2 aromatic rings. The van der Waals surface area contributed by atoms with E-state index in [1.165, 1.54) is 11.3 Å². The number of hydrogen-bond acceptors (Lipinski definition) is 5. The molecule has 0 saturated carbocycles. The van der Waals surface area contributed by atoms with E-state index in [1.54, 1.807) is 12.1 Å². The van der Waals surface area contributed by atoms with Gasteiger partial charge in [-0.15, -0.1) is 11.3 Å². The van der Waals surface area contributed by atoms with Crippen LogP contribution in [0.25, 0.3) is 0 Å². The molecule has 1 aromatic carbocycles. The number of aryl methyl sites for hydroxylation is 1. The molecule has 3 rings (SSSR count). The van der Waals surface area contributed by atoms with Crippen molar-refractivity contribution < 1.29 is 8.42 Å². The number of para-hydroxylation sites is 1. The van der Waals surface area contributed by atoms with E-state index >= 15 is 0 Å². The number of nitrogens with zero attached hydrogens (tertiary/aromatic N) is 1. The monoisotopic (exact) mass is 308 g/mol. The van der Waals surface area contributed by atoms with Gasteiger partial charge in [-0.1, -0.05) is 12.1 Å². The predicted octanol–water partition coefficient (Wildman–Crippen LogP) is 3.33. The summed E-state index contributed by atoms with van der Waals surface area (Å²) in [7, 11) is -3.47. The second-order valence-corrected chi connectivity index (χ2v) is 8.48. The van der Waals surface area contributed by atoms with Gasteiger partial charge in [-0.2, -0.15) is 0 Å². The molecule has 1 aliphatic rings. The molecule has 0 fully saturated rings. The number of rotatable bonds is 1. The fraction of sp³-hybridized carbons (Fsp3) is 0.286. The number of fused-ring (bicyclic) bond motifs is 2. The maximum absolute atomic E-state index is 12.8. The van der Waals surface area contributed by atoms with E-state index < -0.39 is 9.84 Å². The van der Waals surface area contributed by atoms with Crippen molar-refractivity contribution in [3.8, 4) is 0 Å². The highest BCUT2D eigenvalue weighted by Gasteiger charge is 2.38. The minimum Gasteiger partial charge on any atom is -0.396 e. The standard InChI is InChI=1S/C14H16N2O2S2/c1-8(2)16-10-6-4-5-7-11(10)20(17,18)14-13(16)12(15)9(3)19-14/h4-8H,15H2,1-3H3. The van der Waals surface area contributed by atoms with Crippen LogP contribution in [0.1, 0.15) is 18.7 Å². The van der Waals surface area contributed by atoms with Gasteiger partial charge < -0.3 is 10.6 Å². The number of nitrogen functional groups attached to an aromatic ring is 1. The zero-order chi connectivity index (χ0) is 14.7. The summed E-state index contributed by atoms with van der Waals surface area (Å²) >= 11 is 1.25. The normalized spacial score (nSPS) is 16.1. The molecule has 0 saturated heterocycles. The van der Waals surface area contributed by atoms with Gasteiger partial charge in [0.2, 0.25) is 9.84 Å². The zero-order valence-corrected chi connectivity index (χ0v) is 13.2. The molecule has 6 heteroatoms. The van der Waals surface area contributed by atoms with Crippen LogP contribution in [0.5, 0.6) is 0 Å². The zero-order valence-electron chi connectivity index (χ0n) is 11.5. The first kappa shape index (κ1) is 13.5. The molecule has 0 unspecified atom stereocenters. The fourth-order valence-corrected chi connectivity index (χ4v) is 5.80. The first-order valence-electron chi connectivity index (χ1n) is 6.38. The third kappa shape index (κ3) is 1.61. The molecular formula is C14H16N2O2S2. The molecule has 0 bridgehead atoms. The first-order valence-corrected chi connectivity index (χ1v) is 8.68. The molecule has 2 N–H and O–H groups in total. The summed E-state index contributed by atoms with van der Waals surface area (Å²) in [6.07, 6.45) is 0. The lowest BCUT2D eigenvalue weighted by Gasteiger charge is -2.34. The topological polar surface area (TPSA) is 63.4 Å². The lowest BCUT2D eigenvalue weighted by atomic mass is 10.2. The third-order valence-electron chi connectivity index (χ3n) is 3.49. The Kier molecular flexibility index (Phi) is 2.85. The van der Waals surface area contributed by atoms with E-state index in [-0.39, 0.29) is 6.04 Å². The van der Waals surface area contributed by atoms with Crippen LogP contribution >= 0.6 is 11.3 Å². The number of hydrogen-bond donors (Lipinski definition) is 1. The van der Waals surface area contributed by atoms with Crippen LogP contribution in [-0.2, 0) is 9.84 Å². The van der Waals surface area contributed by atoms with Gasteiger partial charge in [0.1, 0.15) is 0 Å². The molecule has 4 nitrogen and oxygen atoms in total. The average molecular weight is 308 g/mol. The first-order chi connectivity index (χ1) is 9.35. The second kappa shape index (κ2) is 4.23. The lowest BCUT2D eigenvalue weighted by Crippen LogP contribution is -2.31. The summed E-state index contributed by atoms with van der Waals surface area (Å²) in [5.41, 5.74) is 8.05. The fourth-order valence-electron chi connectivity index (χ4n) is 2.57. The van der Waals surface area contributed by atoms with E-state index in [0.717, 1.165) is 4.88 Å². The number of thiophene rings is 1. The van der Waals surface area contributed by atoms with Crippen molar-refractivity contribution in [2.24, 2.45) is 0 Å². The lowest BCUT2D eigenvalue weighted by molar-refractivity contribution is 0.595. The molecule has 1 aliphatic heterocycles. The van der Waals surface area contributed by atoms with Gasteiger partial charge in [-0.25, -0.2) is 8.42 Å². The van der Waals surface area contributed by atoms with Crippen LogP contribution in [0.15, 0.2) is 33.4 Å². The Labute approximate surface area is 122 Å². The number of nitrogens with two attached hydrogens (primary N) is 1. The van der Waals surface area contributed by atoms with Gasteiger partial charge >= 0.3 is 0 Å². The van der Waals surface area contributed by atoms with Crippen LogP contribution in [0, 0.1) is 6.92 Å². The minimum atomic E-state index is -3.47.